The summed E-state index contributed by atoms with van der Waals surface area (Å²) in [6.45, 7) is 1.60. The zero-order valence-corrected chi connectivity index (χ0v) is 21.6. The highest BCUT2D eigenvalue weighted by Crippen LogP contribution is 2.50. The molecule has 0 saturated carbocycles. The van der Waals surface area contributed by atoms with E-state index in [1.165, 1.54) is 47.9 Å². The maximum absolute atomic E-state index is 14.7. The number of nitrogens with zero attached hydrogens (tertiary/aromatic N) is 1. The van der Waals surface area contributed by atoms with E-state index >= 15 is 0 Å². The molecule has 13 heteroatoms. The molecule has 0 bridgehead atoms. The average molecular weight is 587 g/mol. The van der Waals surface area contributed by atoms with Crippen LogP contribution in [-0.2, 0) is 21.7 Å². The smallest absolute Gasteiger partial charge is 0.369 e. The van der Waals surface area contributed by atoms with E-state index in [1.807, 2.05) is 18.4 Å². The molecule has 0 spiro atoms. The molecule has 0 aromatic heterocycles. The summed E-state index contributed by atoms with van der Waals surface area (Å²) in [6.07, 6.45) is -10.4. The Labute approximate surface area is 228 Å². The van der Waals surface area contributed by atoms with Crippen molar-refractivity contribution in [1.82, 2.24) is 4.90 Å². The third-order valence-electron chi connectivity index (χ3n) is 6.62. The number of aliphatic hydroxyl groups is 1. The van der Waals surface area contributed by atoms with Crippen LogP contribution in [0.15, 0.2) is 65.6 Å². The van der Waals surface area contributed by atoms with Gasteiger partial charge in [-0.2, -0.15) is 26.3 Å². The first-order chi connectivity index (χ1) is 18.6. The second-order valence-corrected chi connectivity index (χ2v) is 9.96. The summed E-state index contributed by atoms with van der Waals surface area (Å²) >= 11 is 1.52. The van der Waals surface area contributed by atoms with Crippen molar-refractivity contribution in [2.45, 2.75) is 42.4 Å². The zero-order chi connectivity index (χ0) is 29.6. The average Bonchev–Trinajstić information content (AvgIpc) is 3.26. The number of carbonyl (C=O) groups is 2. The Morgan fingerprint density at radius 3 is 2.10 bits per heavy atom. The molecule has 1 heterocycles. The van der Waals surface area contributed by atoms with Crippen molar-refractivity contribution >= 4 is 29.3 Å². The molecule has 0 saturated heterocycles. The number of alkyl halides is 6. The largest absolute Gasteiger partial charge is 0.430 e. The highest BCUT2D eigenvalue weighted by molar-refractivity contribution is 7.98. The zero-order valence-electron chi connectivity index (χ0n) is 20.8. The van der Waals surface area contributed by atoms with Gasteiger partial charge in [0.05, 0.1) is 0 Å². The van der Waals surface area contributed by atoms with Crippen molar-refractivity contribution in [3.8, 4) is 11.1 Å². The number of benzene rings is 3. The van der Waals surface area contributed by atoms with Crippen LogP contribution in [0, 0.1) is 5.82 Å². The number of carbonyl (C=O) groups excluding carboxylic acids is 2. The van der Waals surface area contributed by atoms with Gasteiger partial charge in [-0.05, 0) is 53.3 Å². The fraction of sp³-hybridized carbons (Fsp3) is 0.259. The Morgan fingerprint density at radius 2 is 1.57 bits per heavy atom. The van der Waals surface area contributed by atoms with Crippen LogP contribution in [0.5, 0.6) is 0 Å². The monoisotopic (exact) mass is 586 g/mol. The normalized spacial score (nSPS) is 15.7. The van der Waals surface area contributed by atoms with E-state index < -0.39 is 41.3 Å². The van der Waals surface area contributed by atoms with Crippen LogP contribution in [0.2, 0.25) is 0 Å². The molecule has 1 atom stereocenters. The van der Waals surface area contributed by atoms with Crippen LogP contribution < -0.4 is 5.32 Å². The molecule has 3 aromatic carbocycles. The van der Waals surface area contributed by atoms with Gasteiger partial charge in [0.1, 0.15) is 11.9 Å². The Bertz CT molecular complexity index is 1440. The van der Waals surface area contributed by atoms with E-state index in [9.17, 15) is 45.4 Å². The summed E-state index contributed by atoms with van der Waals surface area (Å²) in [5.74, 6) is -2.24. The van der Waals surface area contributed by atoms with Crippen molar-refractivity contribution in [3.05, 3.63) is 83.2 Å². The Morgan fingerprint density at radius 1 is 0.950 bits per heavy atom. The quantitative estimate of drug-likeness (QED) is 0.262. The van der Waals surface area contributed by atoms with E-state index in [1.54, 1.807) is 6.07 Å². The molecule has 1 unspecified atom stereocenters. The van der Waals surface area contributed by atoms with Gasteiger partial charge in [-0.1, -0.05) is 30.3 Å². The summed E-state index contributed by atoms with van der Waals surface area (Å²) in [7, 11) is 0. The van der Waals surface area contributed by atoms with Gasteiger partial charge in [-0.25, -0.2) is 4.39 Å². The Kier molecular flexibility index (Phi) is 7.67. The van der Waals surface area contributed by atoms with Crippen LogP contribution >= 0.6 is 11.8 Å². The Hall–Kier alpha value is -3.58. The van der Waals surface area contributed by atoms with Crippen molar-refractivity contribution < 1.29 is 45.4 Å². The predicted octanol–water partition coefficient (Wildman–Crippen LogP) is 6.57. The maximum atomic E-state index is 14.7. The fourth-order valence-electron chi connectivity index (χ4n) is 4.54. The number of hydrogen-bond donors (Lipinski definition) is 2. The van der Waals surface area contributed by atoms with Crippen LogP contribution in [0.4, 0.5) is 36.4 Å². The van der Waals surface area contributed by atoms with Crippen LogP contribution in [0.3, 0.4) is 0 Å². The first-order valence-electron chi connectivity index (χ1n) is 11.6. The van der Waals surface area contributed by atoms with Crippen LogP contribution in [0.1, 0.15) is 29.7 Å². The van der Waals surface area contributed by atoms with Crippen LogP contribution in [-0.4, -0.2) is 40.4 Å². The molecule has 1 aliphatic heterocycles. The number of rotatable bonds is 5. The highest BCUT2D eigenvalue weighted by Gasteiger charge is 2.71. The summed E-state index contributed by atoms with van der Waals surface area (Å²) in [5, 5.41) is 12.2. The van der Waals surface area contributed by atoms with Crippen molar-refractivity contribution in [2.75, 3.05) is 11.6 Å². The van der Waals surface area contributed by atoms with Crippen molar-refractivity contribution in [2.24, 2.45) is 0 Å². The molecule has 0 fully saturated rings. The summed E-state index contributed by atoms with van der Waals surface area (Å²) in [5.41, 5.74) is -5.45. The minimum atomic E-state index is -6.14. The van der Waals surface area contributed by atoms with Gasteiger partial charge in [0, 0.05) is 35.2 Å². The lowest BCUT2D eigenvalue weighted by Crippen LogP contribution is -2.53. The molecule has 4 rings (SSSR count). The minimum Gasteiger partial charge on any atom is -0.369 e. The van der Waals surface area contributed by atoms with Gasteiger partial charge in [-0.15, -0.1) is 11.8 Å². The SMILES string of the molecule is CSc1ccc2c(c1)CN(C(C)=O)C2C(=O)Nc1ccc(-c2ccc(C(O)(C(F)(F)F)C(F)(F)F)cc2F)cc1. The first kappa shape index (κ1) is 29.4. The first-order valence-corrected chi connectivity index (χ1v) is 12.8. The molecule has 1 aliphatic rings. The number of halogens is 7. The lowest BCUT2D eigenvalue weighted by atomic mass is 9.90. The molecule has 40 heavy (non-hydrogen) atoms. The number of fused-ring (bicyclic) bond motifs is 1. The van der Waals surface area contributed by atoms with E-state index in [4.69, 9.17) is 0 Å². The number of thioether (sulfide) groups is 1. The molecule has 5 nitrogen and oxygen atoms in total. The molecular formula is C27H21F7N2O3S. The van der Waals surface area contributed by atoms with E-state index in [0.29, 0.717) is 17.7 Å². The number of hydrogen-bond acceptors (Lipinski definition) is 4. The van der Waals surface area contributed by atoms with Gasteiger partial charge in [0.2, 0.25) is 5.91 Å². The van der Waals surface area contributed by atoms with E-state index in [-0.39, 0.29) is 35.3 Å². The molecule has 0 radical (unpaired) electrons. The lowest BCUT2D eigenvalue weighted by Gasteiger charge is -2.32. The molecule has 2 amide bonds. The van der Waals surface area contributed by atoms with Gasteiger partial charge in [0.15, 0.2) is 0 Å². The third-order valence-corrected chi connectivity index (χ3v) is 7.35. The van der Waals surface area contributed by atoms with Gasteiger partial charge in [0.25, 0.3) is 11.5 Å². The minimum absolute atomic E-state index is 0.0116. The van der Waals surface area contributed by atoms with E-state index in [0.717, 1.165) is 10.5 Å². The van der Waals surface area contributed by atoms with Crippen molar-refractivity contribution in [1.29, 1.82) is 0 Å². The van der Waals surface area contributed by atoms with Gasteiger partial charge >= 0.3 is 12.4 Å². The number of amides is 2. The van der Waals surface area contributed by atoms with Gasteiger partial charge in [-0.3, -0.25) is 9.59 Å². The molecular weight excluding hydrogens is 565 g/mol. The fourth-order valence-corrected chi connectivity index (χ4v) is 5.00. The molecule has 2 N–H and O–H groups in total. The van der Waals surface area contributed by atoms with Gasteiger partial charge < -0.3 is 15.3 Å². The third kappa shape index (κ3) is 5.15. The summed E-state index contributed by atoms with van der Waals surface area (Å²) in [4.78, 5) is 27.8. The molecule has 3 aromatic rings. The highest BCUT2D eigenvalue weighted by atomic mass is 32.2. The summed E-state index contributed by atoms with van der Waals surface area (Å²) in [6, 6.07) is 11.0. The number of nitrogens with one attached hydrogen (secondary N) is 1. The molecule has 0 aliphatic carbocycles. The topological polar surface area (TPSA) is 69.6 Å². The second kappa shape index (κ2) is 10.4. The second-order valence-electron chi connectivity index (χ2n) is 9.08. The van der Waals surface area contributed by atoms with Crippen LogP contribution in [0.25, 0.3) is 11.1 Å². The maximum Gasteiger partial charge on any atom is 0.430 e. The summed E-state index contributed by atoms with van der Waals surface area (Å²) < 4.78 is 93.5. The standard InChI is InChI=1S/C27H21F7N2O3S/c1-14(37)36-13-16-11-19(40-2)8-10-21(16)23(36)24(38)35-18-6-3-15(4-7-18)20-9-5-17(12-22(20)28)25(39,26(29,30)31)27(32,33)34/h3-12,23,39H,13H2,1-2H3,(H,35,38). The van der Waals surface area contributed by atoms with Crippen molar-refractivity contribution in [3.63, 3.8) is 0 Å². The predicted molar refractivity (Wildman–Crippen MR) is 134 cm³/mol. The van der Waals surface area contributed by atoms with E-state index in [2.05, 4.69) is 5.32 Å². The lowest BCUT2D eigenvalue weighted by molar-refractivity contribution is -0.376. The Balaban J connectivity index is 1.57. The molecule has 212 valence electrons. The number of anilines is 1.